The molecule has 0 saturated heterocycles. The normalized spacial score (nSPS) is 14.7. The number of methoxy groups -OCH3 is 1. The first-order chi connectivity index (χ1) is 14.5. The number of unbranched alkanes of at least 4 members (excludes halogenated alkanes) is 7. The maximum atomic E-state index is 11.1. The fraction of sp³-hybridized carbons (Fsp3) is 0.880. The number of hydrogen-bond acceptors (Lipinski definition) is 4. The van der Waals surface area contributed by atoms with E-state index in [9.17, 15) is 4.79 Å². The Morgan fingerprint density at radius 3 is 1.94 bits per heavy atom. The molecule has 0 heterocycles. The largest absolute Gasteiger partial charge is 0.469 e. The zero-order valence-corrected chi connectivity index (χ0v) is 23.9. The van der Waals surface area contributed by atoms with Gasteiger partial charge >= 0.3 is 5.97 Å². The summed E-state index contributed by atoms with van der Waals surface area (Å²) >= 11 is 0. The van der Waals surface area contributed by atoms with Crippen LogP contribution in [0.25, 0.3) is 0 Å². The van der Waals surface area contributed by atoms with Gasteiger partial charge < -0.3 is 13.6 Å². The number of rotatable bonds is 19. The highest BCUT2D eigenvalue weighted by Gasteiger charge is 2.31. The molecule has 31 heavy (non-hydrogen) atoms. The second-order valence-electron chi connectivity index (χ2n) is 10.6. The van der Waals surface area contributed by atoms with E-state index in [0.717, 1.165) is 32.1 Å². The van der Waals surface area contributed by atoms with Gasteiger partial charge in [0.15, 0.2) is 16.6 Å². The fourth-order valence-corrected chi connectivity index (χ4v) is 5.95. The molecular weight excluding hydrogens is 420 g/mol. The Morgan fingerprint density at radius 1 is 0.774 bits per heavy atom. The lowest BCUT2D eigenvalue weighted by Crippen LogP contribution is -2.44. The third-order valence-electron chi connectivity index (χ3n) is 5.03. The first-order valence-electron chi connectivity index (χ1n) is 12.6. The highest BCUT2D eigenvalue weighted by Crippen LogP contribution is 2.24. The van der Waals surface area contributed by atoms with E-state index in [4.69, 9.17) is 8.85 Å². The minimum atomic E-state index is -1.64. The van der Waals surface area contributed by atoms with Crippen molar-refractivity contribution in [3.05, 3.63) is 12.2 Å². The van der Waals surface area contributed by atoms with Gasteiger partial charge in [0.1, 0.15) is 0 Å². The number of carbonyl (C=O) groups is 1. The molecule has 0 bridgehead atoms. The second-order valence-corrected chi connectivity index (χ2v) is 19.5. The molecule has 0 radical (unpaired) electrons. The summed E-state index contributed by atoms with van der Waals surface area (Å²) in [4.78, 5) is 11.1. The smallest absolute Gasteiger partial charge is 0.305 e. The van der Waals surface area contributed by atoms with E-state index < -0.39 is 16.6 Å². The summed E-state index contributed by atoms with van der Waals surface area (Å²) in [6.07, 6.45) is 18.1. The molecule has 0 aliphatic carbocycles. The van der Waals surface area contributed by atoms with Gasteiger partial charge in [0, 0.05) is 6.42 Å². The average Bonchev–Trinajstić information content (AvgIpc) is 2.65. The van der Waals surface area contributed by atoms with Crippen LogP contribution in [0.4, 0.5) is 0 Å². The van der Waals surface area contributed by atoms with Crippen molar-refractivity contribution in [1.29, 1.82) is 0 Å². The third kappa shape index (κ3) is 19.9. The second kappa shape index (κ2) is 17.1. The maximum Gasteiger partial charge on any atom is 0.305 e. The molecule has 0 aromatic heterocycles. The van der Waals surface area contributed by atoms with E-state index in [1.165, 1.54) is 45.6 Å². The van der Waals surface area contributed by atoms with Crippen LogP contribution in [0.2, 0.25) is 39.3 Å². The molecule has 0 aliphatic heterocycles. The number of hydrogen-bond donors (Lipinski definition) is 0. The van der Waals surface area contributed by atoms with Crippen molar-refractivity contribution >= 4 is 22.6 Å². The number of carbonyl (C=O) groups excluding carboxylic acids is 1. The lowest BCUT2D eigenvalue weighted by atomic mass is 10.0. The molecule has 4 nitrogen and oxygen atoms in total. The molecule has 0 saturated carbocycles. The topological polar surface area (TPSA) is 44.8 Å². The number of ether oxygens (including phenoxy) is 1. The molecule has 2 unspecified atom stereocenters. The van der Waals surface area contributed by atoms with E-state index >= 15 is 0 Å². The van der Waals surface area contributed by atoms with Gasteiger partial charge in [0.25, 0.3) is 0 Å². The molecule has 0 spiro atoms. The van der Waals surface area contributed by atoms with Gasteiger partial charge in [-0.25, -0.2) is 0 Å². The summed E-state index contributed by atoms with van der Waals surface area (Å²) in [6.45, 7) is 15.9. The Balaban J connectivity index is 4.54. The van der Waals surface area contributed by atoms with Gasteiger partial charge in [-0.3, -0.25) is 4.79 Å². The summed E-state index contributed by atoms with van der Waals surface area (Å²) in [5, 5.41) is 0. The molecule has 2 atom stereocenters. The Hall–Kier alpha value is -0.436. The SMILES string of the molecule is CCCCCC(O[Si](C)(C)C)C(CC=CCCCCCCCC(=O)OC)O[Si](C)(C)C. The Morgan fingerprint density at radius 2 is 1.35 bits per heavy atom. The average molecular weight is 473 g/mol. The Kier molecular flexibility index (Phi) is 16.9. The summed E-state index contributed by atoms with van der Waals surface area (Å²) in [7, 11) is -1.81. The zero-order valence-electron chi connectivity index (χ0n) is 21.9. The van der Waals surface area contributed by atoms with Crippen LogP contribution in [-0.4, -0.2) is 41.9 Å². The molecule has 184 valence electrons. The molecule has 0 amide bonds. The van der Waals surface area contributed by atoms with Crippen molar-refractivity contribution in [2.24, 2.45) is 0 Å². The Labute approximate surface area is 195 Å². The van der Waals surface area contributed by atoms with Crippen molar-refractivity contribution in [3.63, 3.8) is 0 Å². The number of allylic oxidation sites excluding steroid dienone is 1. The molecule has 0 rings (SSSR count). The summed E-state index contributed by atoms with van der Waals surface area (Å²) in [5.41, 5.74) is 0. The minimum absolute atomic E-state index is 0.0934. The van der Waals surface area contributed by atoms with E-state index in [1.807, 2.05) is 0 Å². The van der Waals surface area contributed by atoms with Crippen LogP contribution in [0, 0.1) is 0 Å². The fourth-order valence-electron chi connectivity index (χ4n) is 3.61. The summed E-state index contributed by atoms with van der Waals surface area (Å²) in [6, 6.07) is 0. The van der Waals surface area contributed by atoms with Gasteiger partial charge in [-0.1, -0.05) is 57.6 Å². The first kappa shape index (κ1) is 30.6. The molecular formula is C25H52O4Si2. The van der Waals surface area contributed by atoms with Crippen molar-refractivity contribution in [3.8, 4) is 0 Å². The van der Waals surface area contributed by atoms with Crippen LogP contribution in [0.3, 0.4) is 0 Å². The van der Waals surface area contributed by atoms with Crippen molar-refractivity contribution in [2.75, 3.05) is 7.11 Å². The molecule has 0 N–H and O–H groups in total. The quantitative estimate of drug-likeness (QED) is 0.0830. The third-order valence-corrected chi connectivity index (χ3v) is 7.05. The molecule has 0 fully saturated rings. The Bertz CT molecular complexity index is 481. The standard InChI is InChI=1S/C25H52O4Si2/c1-9-10-17-20-23(28-30(3,4)5)24(29-31(6,7)8)21-18-15-13-11-12-14-16-19-22-25(26)27-2/h15,18,23-24H,9-14,16-17,19-22H2,1-8H3. The predicted octanol–water partition coefficient (Wildman–Crippen LogP) is 7.86. The lowest BCUT2D eigenvalue weighted by Gasteiger charge is -2.36. The molecule has 0 aliphatic rings. The van der Waals surface area contributed by atoms with Crippen LogP contribution in [-0.2, 0) is 18.4 Å². The van der Waals surface area contributed by atoms with Gasteiger partial charge in [0.05, 0.1) is 19.3 Å². The highest BCUT2D eigenvalue weighted by atomic mass is 28.4. The summed E-state index contributed by atoms with van der Waals surface area (Å²) in [5.74, 6) is -0.0934. The maximum absolute atomic E-state index is 11.1. The van der Waals surface area contributed by atoms with Crippen LogP contribution in [0.1, 0.15) is 84.0 Å². The molecule has 6 heteroatoms. The van der Waals surface area contributed by atoms with Gasteiger partial charge in [-0.05, 0) is 71.4 Å². The van der Waals surface area contributed by atoms with Crippen LogP contribution < -0.4 is 0 Å². The monoisotopic (exact) mass is 472 g/mol. The van der Waals surface area contributed by atoms with E-state index in [-0.39, 0.29) is 18.2 Å². The van der Waals surface area contributed by atoms with Crippen LogP contribution in [0.15, 0.2) is 12.2 Å². The number of esters is 1. The van der Waals surface area contributed by atoms with Crippen LogP contribution in [0.5, 0.6) is 0 Å². The molecule has 0 aromatic carbocycles. The zero-order chi connectivity index (χ0) is 23.8. The minimum Gasteiger partial charge on any atom is -0.469 e. The van der Waals surface area contributed by atoms with E-state index in [0.29, 0.717) is 6.42 Å². The van der Waals surface area contributed by atoms with Gasteiger partial charge in [0.2, 0.25) is 0 Å². The highest BCUT2D eigenvalue weighted by molar-refractivity contribution is 6.70. The van der Waals surface area contributed by atoms with E-state index in [1.54, 1.807) is 0 Å². The predicted molar refractivity (Wildman–Crippen MR) is 139 cm³/mol. The van der Waals surface area contributed by atoms with Crippen LogP contribution >= 0.6 is 0 Å². The van der Waals surface area contributed by atoms with Gasteiger partial charge in [-0.2, -0.15) is 0 Å². The van der Waals surface area contributed by atoms with Crippen molar-refractivity contribution in [1.82, 2.24) is 0 Å². The van der Waals surface area contributed by atoms with Crippen molar-refractivity contribution < 1.29 is 18.4 Å². The lowest BCUT2D eigenvalue weighted by molar-refractivity contribution is -0.140. The van der Waals surface area contributed by atoms with Gasteiger partial charge in [-0.15, -0.1) is 0 Å². The van der Waals surface area contributed by atoms with Crippen molar-refractivity contribution in [2.45, 2.75) is 135 Å². The first-order valence-corrected chi connectivity index (χ1v) is 19.4. The molecule has 0 aromatic rings. The summed E-state index contributed by atoms with van der Waals surface area (Å²) < 4.78 is 17.9. The van der Waals surface area contributed by atoms with E-state index in [2.05, 4.69) is 63.1 Å².